The fourth-order valence-corrected chi connectivity index (χ4v) is 2.40. The highest BCUT2D eigenvalue weighted by atomic mass is 32.1. The standard InChI is InChI=1S/C8H8N2O2S/c11-8-9(5-1-2-5)6-3-4-13-7(6)10(8)12/h3-5,12H,1-2H2. The quantitative estimate of drug-likeness (QED) is 0.701. The van der Waals surface area contributed by atoms with Crippen molar-refractivity contribution in [2.45, 2.75) is 18.9 Å². The molecule has 3 rings (SSSR count). The van der Waals surface area contributed by atoms with E-state index < -0.39 is 0 Å². The van der Waals surface area contributed by atoms with Gasteiger partial charge < -0.3 is 5.21 Å². The summed E-state index contributed by atoms with van der Waals surface area (Å²) in [5.74, 6) is 0. The number of thiophene rings is 1. The third kappa shape index (κ3) is 0.821. The van der Waals surface area contributed by atoms with Gasteiger partial charge in [0.2, 0.25) is 0 Å². The van der Waals surface area contributed by atoms with Gasteiger partial charge >= 0.3 is 5.69 Å². The zero-order valence-electron chi connectivity index (χ0n) is 6.80. The molecule has 13 heavy (non-hydrogen) atoms. The van der Waals surface area contributed by atoms with Crippen LogP contribution in [0.4, 0.5) is 0 Å². The number of hydrogen-bond donors (Lipinski definition) is 1. The maximum Gasteiger partial charge on any atom is 0.363 e. The van der Waals surface area contributed by atoms with E-state index in [9.17, 15) is 10.0 Å². The number of rotatable bonds is 1. The first-order valence-electron chi connectivity index (χ1n) is 4.19. The highest BCUT2D eigenvalue weighted by Gasteiger charge is 2.29. The van der Waals surface area contributed by atoms with Gasteiger partial charge in [-0.25, -0.2) is 4.79 Å². The molecule has 4 nitrogen and oxygen atoms in total. The highest BCUT2D eigenvalue weighted by molar-refractivity contribution is 7.16. The molecular formula is C8H8N2O2S. The molecule has 0 amide bonds. The van der Waals surface area contributed by atoms with Gasteiger partial charge in [-0.1, -0.05) is 0 Å². The van der Waals surface area contributed by atoms with E-state index in [-0.39, 0.29) is 5.69 Å². The van der Waals surface area contributed by atoms with Crippen molar-refractivity contribution in [1.82, 2.24) is 9.30 Å². The first kappa shape index (κ1) is 7.20. The first-order chi connectivity index (χ1) is 6.29. The summed E-state index contributed by atoms with van der Waals surface area (Å²) in [6.07, 6.45) is 2.10. The summed E-state index contributed by atoms with van der Waals surface area (Å²) in [6, 6.07) is 2.20. The SMILES string of the molecule is O=c1n(O)c2sccc2n1C1CC1. The van der Waals surface area contributed by atoms with Crippen molar-refractivity contribution in [1.29, 1.82) is 0 Å². The van der Waals surface area contributed by atoms with E-state index in [1.807, 2.05) is 11.4 Å². The maximum atomic E-state index is 11.5. The zero-order valence-corrected chi connectivity index (χ0v) is 7.62. The van der Waals surface area contributed by atoms with Crippen LogP contribution in [0.2, 0.25) is 0 Å². The largest absolute Gasteiger partial charge is 0.423 e. The smallest absolute Gasteiger partial charge is 0.363 e. The van der Waals surface area contributed by atoms with E-state index in [2.05, 4.69) is 0 Å². The van der Waals surface area contributed by atoms with E-state index in [1.165, 1.54) is 11.3 Å². The summed E-state index contributed by atoms with van der Waals surface area (Å²) < 4.78 is 2.43. The second kappa shape index (κ2) is 2.17. The molecule has 0 aromatic carbocycles. The van der Waals surface area contributed by atoms with Gasteiger partial charge in [-0.15, -0.1) is 16.1 Å². The van der Waals surface area contributed by atoms with Crippen molar-refractivity contribution >= 4 is 21.7 Å². The van der Waals surface area contributed by atoms with Gasteiger partial charge in [0, 0.05) is 6.04 Å². The Morgan fingerprint density at radius 1 is 1.54 bits per heavy atom. The van der Waals surface area contributed by atoms with Crippen molar-refractivity contribution in [3.63, 3.8) is 0 Å². The molecule has 0 unspecified atom stereocenters. The molecule has 0 radical (unpaired) electrons. The van der Waals surface area contributed by atoms with Crippen molar-refractivity contribution in [2.24, 2.45) is 0 Å². The molecule has 0 atom stereocenters. The molecule has 1 N–H and O–H groups in total. The molecule has 0 saturated heterocycles. The third-order valence-electron chi connectivity index (χ3n) is 2.38. The van der Waals surface area contributed by atoms with Crippen molar-refractivity contribution < 1.29 is 5.21 Å². The average Bonchev–Trinajstić information content (AvgIpc) is 2.77. The molecule has 2 heterocycles. The molecule has 2 aromatic rings. The van der Waals surface area contributed by atoms with Crippen molar-refractivity contribution in [2.75, 3.05) is 0 Å². The molecule has 0 bridgehead atoms. The molecule has 2 aromatic heterocycles. The molecule has 0 aliphatic heterocycles. The Bertz CT molecular complexity index is 518. The molecule has 1 saturated carbocycles. The van der Waals surface area contributed by atoms with Gasteiger partial charge in [-0.05, 0) is 24.3 Å². The number of fused-ring (bicyclic) bond motifs is 1. The van der Waals surface area contributed by atoms with Crippen molar-refractivity contribution in [3.05, 3.63) is 21.9 Å². The molecule has 5 heteroatoms. The lowest BCUT2D eigenvalue weighted by Crippen LogP contribution is -2.21. The van der Waals surface area contributed by atoms with Gasteiger partial charge in [-0.3, -0.25) is 4.57 Å². The first-order valence-corrected chi connectivity index (χ1v) is 5.06. The summed E-state index contributed by atoms with van der Waals surface area (Å²) in [5, 5.41) is 11.3. The van der Waals surface area contributed by atoms with Crippen LogP contribution in [0.15, 0.2) is 16.2 Å². The number of hydrogen-bond acceptors (Lipinski definition) is 3. The Morgan fingerprint density at radius 3 is 3.00 bits per heavy atom. The van der Waals surface area contributed by atoms with E-state index in [0.717, 1.165) is 23.1 Å². The van der Waals surface area contributed by atoms with Crippen LogP contribution in [0.3, 0.4) is 0 Å². The average molecular weight is 196 g/mol. The van der Waals surface area contributed by atoms with E-state index >= 15 is 0 Å². The summed E-state index contributed by atoms with van der Waals surface area (Å²) >= 11 is 1.39. The maximum absolute atomic E-state index is 11.5. The molecule has 68 valence electrons. The molecular weight excluding hydrogens is 188 g/mol. The van der Waals surface area contributed by atoms with Gasteiger partial charge in [0.25, 0.3) is 0 Å². The minimum absolute atomic E-state index is 0.302. The predicted octanol–water partition coefficient (Wildman–Crippen LogP) is 1.44. The minimum Gasteiger partial charge on any atom is -0.423 e. The second-order valence-electron chi connectivity index (χ2n) is 3.31. The summed E-state index contributed by atoms with van der Waals surface area (Å²) in [7, 11) is 0. The topological polar surface area (TPSA) is 47.2 Å². The molecule has 1 fully saturated rings. The van der Waals surface area contributed by atoms with Crippen LogP contribution in [-0.2, 0) is 0 Å². The molecule has 0 spiro atoms. The van der Waals surface area contributed by atoms with Gasteiger partial charge in [0.05, 0.1) is 5.52 Å². The Kier molecular flexibility index (Phi) is 1.20. The summed E-state index contributed by atoms with van der Waals surface area (Å²) in [4.78, 5) is 12.2. The van der Waals surface area contributed by atoms with Gasteiger partial charge in [0.1, 0.15) is 0 Å². The van der Waals surface area contributed by atoms with Crippen LogP contribution in [0.1, 0.15) is 18.9 Å². The van der Waals surface area contributed by atoms with Crippen LogP contribution < -0.4 is 5.69 Å². The van der Waals surface area contributed by atoms with Gasteiger partial charge in [-0.2, -0.15) is 0 Å². The number of nitrogens with zero attached hydrogens (tertiary/aromatic N) is 2. The monoisotopic (exact) mass is 196 g/mol. The van der Waals surface area contributed by atoms with Crippen LogP contribution in [-0.4, -0.2) is 14.5 Å². The van der Waals surface area contributed by atoms with Crippen LogP contribution >= 0.6 is 11.3 Å². The van der Waals surface area contributed by atoms with E-state index in [1.54, 1.807) is 4.57 Å². The Balaban J connectivity index is 2.46. The van der Waals surface area contributed by atoms with Crippen molar-refractivity contribution in [3.8, 4) is 0 Å². The predicted molar refractivity (Wildman–Crippen MR) is 49.5 cm³/mol. The fraction of sp³-hybridized carbons (Fsp3) is 0.375. The fourth-order valence-electron chi connectivity index (χ4n) is 1.61. The van der Waals surface area contributed by atoms with E-state index in [0.29, 0.717) is 10.9 Å². The highest BCUT2D eigenvalue weighted by Crippen LogP contribution is 2.36. The molecule has 1 aliphatic carbocycles. The van der Waals surface area contributed by atoms with Crippen LogP contribution in [0.5, 0.6) is 0 Å². The molecule has 1 aliphatic rings. The minimum atomic E-state index is -0.302. The normalized spacial score (nSPS) is 16.9. The Morgan fingerprint density at radius 2 is 2.31 bits per heavy atom. The Hall–Kier alpha value is -1.23. The Labute approximate surface area is 77.6 Å². The number of aromatic nitrogens is 2. The van der Waals surface area contributed by atoms with Crippen LogP contribution in [0, 0.1) is 0 Å². The summed E-state index contributed by atoms with van der Waals surface area (Å²) in [5.41, 5.74) is 0.560. The lowest BCUT2D eigenvalue weighted by Gasteiger charge is -1.94. The van der Waals surface area contributed by atoms with E-state index in [4.69, 9.17) is 0 Å². The lowest BCUT2D eigenvalue weighted by molar-refractivity contribution is 0.185. The lowest BCUT2D eigenvalue weighted by atomic mass is 10.5. The van der Waals surface area contributed by atoms with Gasteiger partial charge in [0.15, 0.2) is 4.83 Å². The number of imidazole rings is 1. The zero-order chi connectivity index (χ0) is 9.00. The summed E-state index contributed by atoms with van der Waals surface area (Å²) in [6.45, 7) is 0. The second-order valence-corrected chi connectivity index (χ2v) is 4.20. The van der Waals surface area contributed by atoms with Crippen LogP contribution in [0.25, 0.3) is 10.3 Å². The third-order valence-corrected chi connectivity index (χ3v) is 3.25.